The number of hydrogen-bond acceptors (Lipinski definition) is 3. The number of hydrogen-bond donors (Lipinski definition) is 2. The van der Waals surface area contributed by atoms with Crippen LogP contribution in [0.5, 0.6) is 0 Å². The van der Waals surface area contributed by atoms with E-state index in [4.69, 9.17) is 5.11 Å². The van der Waals surface area contributed by atoms with Gasteiger partial charge >= 0.3 is 0 Å². The first-order chi connectivity index (χ1) is 10.2. The summed E-state index contributed by atoms with van der Waals surface area (Å²) in [7, 11) is 0. The Morgan fingerprint density at radius 2 is 2.05 bits per heavy atom. The molecule has 21 heavy (non-hydrogen) atoms. The Balaban J connectivity index is 2.10. The molecule has 0 atom stereocenters. The van der Waals surface area contributed by atoms with E-state index < -0.39 is 0 Å². The third kappa shape index (κ3) is 4.19. The van der Waals surface area contributed by atoms with Crippen LogP contribution in [0.2, 0.25) is 0 Å². The van der Waals surface area contributed by atoms with Crippen LogP contribution in [0, 0.1) is 11.8 Å². The average molecular weight is 299 g/mol. The molecule has 0 spiro atoms. The van der Waals surface area contributed by atoms with E-state index in [0.29, 0.717) is 16.9 Å². The molecule has 2 aromatic rings. The van der Waals surface area contributed by atoms with Crippen LogP contribution >= 0.6 is 11.3 Å². The molecule has 0 aliphatic rings. The van der Waals surface area contributed by atoms with Gasteiger partial charge in [-0.2, -0.15) is 0 Å². The van der Waals surface area contributed by atoms with E-state index in [-0.39, 0.29) is 12.5 Å². The van der Waals surface area contributed by atoms with Crippen LogP contribution in [0.1, 0.15) is 34.1 Å². The zero-order chi connectivity index (χ0) is 15.1. The van der Waals surface area contributed by atoms with Gasteiger partial charge in [0.1, 0.15) is 4.88 Å². The highest BCUT2D eigenvalue weighted by atomic mass is 32.1. The summed E-state index contributed by atoms with van der Waals surface area (Å²) >= 11 is 1.37. The number of thiophene rings is 1. The van der Waals surface area contributed by atoms with Crippen molar-refractivity contribution in [2.75, 3.05) is 11.9 Å². The summed E-state index contributed by atoms with van der Waals surface area (Å²) in [6.07, 6.45) is 1.39. The van der Waals surface area contributed by atoms with E-state index >= 15 is 0 Å². The van der Waals surface area contributed by atoms with Gasteiger partial charge in [-0.3, -0.25) is 4.79 Å². The topological polar surface area (TPSA) is 49.3 Å². The highest BCUT2D eigenvalue weighted by molar-refractivity contribution is 7.12. The fourth-order valence-corrected chi connectivity index (χ4v) is 2.55. The van der Waals surface area contributed by atoms with Crippen molar-refractivity contribution in [2.45, 2.75) is 19.8 Å². The van der Waals surface area contributed by atoms with Crippen molar-refractivity contribution in [2.24, 2.45) is 0 Å². The molecule has 0 aliphatic carbocycles. The molecule has 0 bridgehead atoms. The van der Waals surface area contributed by atoms with Crippen molar-refractivity contribution in [3.05, 3.63) is 51.7 Å². The standard InChI is InChI=1S/C17H17NO2S/c1-2-13-6-8-15(9-7-13)18-17(20)16-14(10-12-21-16)5-3-4-11-19/h6-10,12,19H,2,4,11H2,1H3,(H,18,20). The molecule has 0 unspecified atom stereocenters. The number of rotatable bonds is 4. The maximum atomic E-state index is 12.3. The van der Waals surface area contributed by atoms with Crippen LogP contribution in [0.3, 0.4) is 0 Å². The van der Waals surface area contributed by atoms with E-state index in [2.05, 4.69) is 24.1 Å². The zero-order valence-corrected chi connectivity index (χ0v) is 12.7. The second kappa shape index (κ2) is 7.63. The summed E-state index contributed by atoms with van der Waals surface area (Å²) < 4.78 is 0. The predicted octanol–water partition coefficient (Wildman–Crippen LogP) is 3.30. The van der Waals surface area contributed by atoms with Gasteiger partial charge in [0, 0.05) is 17.7 Å². The van der Waals surface area contributed by atoms with Crippen LogP contribution in [0.4, 0.5) is 5.69 Å². The summed E-state index contributed by atoms with van der Waals surface area (Å²) in [6, 6.07) is 9.64. The highest BCUT2D eigenvalue weighted by Crippen LogP contribution is 2.18. The van der Waals surface area contributed by atoms with Crippen molar-refractivity contribution < 1.29 is 9.90 Å². The molecule has 0 saturated heterocycles. The molecule has 108 valence electrons. The van der Waals surface area contributed by atoms with Crippen LogP contribution in [0.15, 0.2) is 35.7 Å². The van der Waals surface area contributed by atoms with Crippen molar-refractivity contribution in [1.82, 2.24) is 0 Å². The number of aryl methyl sites for hydroxylation is 1. The Hall–Kier alpha value is -2.09. The van der Waals surface area contributed by atoms with E-state index in [1.165, 1.54) is 16.9 Å². The van der Waals surface area contributed by atoms with Crippen LogP contribution < -0.4 is 5.32 Å². The quantitative estimate of drug-likeness (QED) is 0.851. The zero-order valence-electron chi connectivity index (χ0n) is 11.8. The minimum atomic E-state index is -0.150. The Labute approximate surface area is 128 Å². The molecule has 1 amide bonds. The number of amides is 1. The Bertz CT molecular complexity index is 662. The van der Waals surface area contributed by atoms with Gasteiger partial charge in [-0.1, -0.05) is 30.9 Å². The van der Waals surface area contributed by atoms with Crippen LogP contribution in [-0.2, 0) is 6.42 Å². The normalized spacial score (nSPS) is 9.81. The van der Waals surface area contributed by atoms with Crippen LogP contribution in [-0.4, -0.2) is 17.6 Å². The lowest BCUT2D eigenvalue weighted by molar-refractivity contribution is 0.103. The largest absolute Gasteiger partial charge is 0.395 e. The molecule has 1 aromatic heterocycles. The number of carbonyl (C=O) groups excluding carboxylic acids is 1. The molecule has 0 radical (unpaired) electrons. The minimum absolute atomic E-state index is 0.0302. The van der Waals surface area contributed by atoms with Crippen LogP contribution in [0.25, 0.3) is 0 Å². The molecule has 0 aliphatic heterocycles. The van der Waals surface area contributed by atoms with Crippen molar-refractivity contribution in [1.29, 1.82) is 0 Å². The Kier molecular flexibility index (Phi) is 5.56. The van der Waals surface area contributed by atoms with Gasteiger partial charge in [-0.15, -0.1) is 11.3 Å². The van der Waals surface area contributed by atoms with Gasteiger partial charge < -0.3 is 10.4 Å². The second-order valence-corrected chi connectivity index (χ2v) is 5.36. The third-order valence-corrected chi connectivity index (χ3v) is 3.86. The molecule has 4 heteroatoms. The fraction of sp³-hybridized carbons (Fsp3) is 0.235. The molecule has 0 fully saturated rings. The Morgan fingerprint density at radius 3 is 2.71 bits per heavy atom. The molecule has 2 N–H and O–H groups in total. The highest BCUT2D eigenvalue weighted by Gasteiger charge is 2.12. The third-order valence-electron chi connectivity index (χ3n) is 2.95. The summed E-state index contributed by atoms with van der Waals surface area (Å²) in [4.78, 5) is 12.9. The van der Waals surface area contributed by atoms with Crippen molar-refractivity contribution >= 4 is 22.9 Å². The summed E-state index contributed by atoms with van der Waals surface area (Å²) in [6.45, 7) is 2.12. The lowest BCUT2D eigenvalue weighted by atomic mass is 10.1. The van der Waals surface area contributed by atoms with Crippen molar-refractivity contribution in [3.8, 4) is 11.8 Å². The second-order valence-electron chi connectivity index (χ2n) is 4.44. The van der Waals surface area contributed by atoms with Gasteiger partial charge in [0.25, 0.3) is 5.91 Å². The lowest BCUT2D eigenvalue weighted by Gasteiger charge is -2.05. The smallest absolute Gasteiger partial charge is 0.267 e. The molecule has 2 rings (SSSR count). The number of anilines is 1. The number of aliphatic hydroxyl groups is 1. The molecule has 0 saturated carbocycles. The summed E-state index contributed by atoms with van der Waals surface area (Å²) in [5.74, 6) is 5.61. The van der Waals surface area contributed by atoms with Crippen molar-refractivity contribution in [3.63, 3.8) is 0 Å². The first-order valence-electron chi connectivity index (χ1n) is 6.82. The molecule has 1 aromatic carbocycles. The average Bonchev–Trinajstić information content (AvgIpc) is 2.97. The summed E-state index contributed by atoms with van der Waals surface area (Å²) in [5, 5.41) is 13.5. The van der Waals surface area contributed by atoms with E-state index in [1.54, 1.807) is 0 Å². The Morgan fingerprint density at radius 1 is 1.29 bits per heavy atom. The molecule has 1 heterocycles. The van der Waals surface area contributed by atoms with Gasteiger partial charge in [0.15, 0.2) is 0 Å². The number of benzene rings is 1. The fourth-order valence-electron chi connectivity index (χ4n) is 1.81. The lowest BCUT2D eigenvalue weighted by Crippen LogP contribution is -2.11. The monoisotopic (exact) mass is 299 g/mol. The van der Waals surface area contributed by atoms with Gasteiger partial charge in [0.2, 0.25) is 0 Å². The van der Waals surface area contributed by atoms with E-state index in [9.17, 15) is 4.79 Å². The van der Waals surface area contributed by atoms with E-state index in [0.717, 1.165) is 12.1 Å². The van der Waals surface area contributed by atoms with Gasteiger partial charge in [-0.25, -0.2) is 0 Å². The maximum absolute atomic E-state index is 12.3. The van der Waals surface area contributed by atoms with E-state index in [1.807, 2.05) is 35.7 Å². The van der Waals surface area contributed by atoms with Gasteiger partial charge in [0.05, 0.1) is 6.61 Å². The SMILES string of the molecule is CCc1ccc(NC(=O)c2sccc2C#CCCO)cc1. The maximum Gasteiger partial charge on any atom is 0.267 e. The molecule has 3 nitrogen and oxygen atoms in total. The summed E-state index contributed by atoms with van der Waals surface area (Å²) in [5.41, 5.74) is 2.72. The number of nitrogens with one attached hydrogen (secondary N) is 1. The van der Waals surface area contributed by atoms with Gasteiger partial charge in [-0.05, 0) is 35.6 Å². The minimum Gasteiger partial charge on any atom is -0.395 e. The molecular weight excluding hydrogens is 282 g/mol. The number of aliphatic hydroxyl groups excluding tert-OH is 1. The predicted molar refractivity (Wildman–Crippen MR) is 86.7 cm³/mol. The molecular formula is C17H17NO2S. The number of carbonyl (C=O) groups is 1. The first-order valence-corrected chi connectivity index (χ1v) is 7.70. The first kappa shape index (κ1) is 15.3.